The van der Waals surface area contributed by atoms with Crippen LogP contribution in [-0.2, 0) is 13.1 Å². The summed E-state index contributed by atoms with van der Waals surface area (Å²) in [7, 11) is 0. The highest BCUT2D eigenvalue weighted by atomic mass is 35.5. The van der Waals surface area contributed by atoms with E-state index in [1.807, 2.05) is 38.1 Å². The van der Waals surface area contributed by atoms with E-state index in [1.54, 1.807) is 28.6 Å². The molecule has 4 rings (SSSR count). The van der Waals surface area contributed by atoms with Crippen molar-refractivity contribution in [3.63, 3.8) is 0 Å². The Labute approximate surface area is 188 Å². The lowest BCUT2D eigenvalue weighted by molar-refractivity contribution is 0.101. The number of carbonyl (C=O) groups is 1. The largest absolute Gasteiger partial charge is 0.361 e. The molecule has 4 aromatic rings. The second kappa shape index (κ2) is 8.56. The number of benzene rings is 1. The summed E-state index contributed by atoms with van der Waals surface area (Å²) >= 11 is 12.2. The Balaban J connectivity index is 1.49. The lowest BCUT2D eigenvalue weighted by Crippen LogP contribution is -2.17. The Hall–Kier alpha value is -3.10. The SMILES string of the molecule is Cc1nn(Cc2c(C(=O)Nc3ccn(Cc4ccc(Cl)cc4)n3)noc2C)c(C)c1Cl. The molecule has 8 nitrogen and oxygen atoms in total. The summed E-state index contributed by atoms with van der Waals surface area (Å²) < 4.78 is 8.73. The average molecular weight is 459 g/mol. The number of aromatic nitrogens is 5. The quantitative estimate of drug-likeness (QED) is 0.453. The molecule has 0 saturated carbocycles. The Morgan fingerprint density at radius 2 is 1.81 bits per heavy atom. The first kappa shape index (κ1) is 21.1. The summed E-state index contributed by atoms with van der Waals surface area (Å²) in [4.78, 5) is 12.8. The predicted molar refractivity (Wildman–Crippen MR) is 118 cm³/mol. The van der Waals surface area contributed by atoms with Gasteiger partial charge in [-0.15, -0.1) is 0 Å². The van der Waals surface area contributed by atoms with Crippen molar-refractivity contribution in [3.05, 3.63) is 80.5 Å². The van der Waals surface area contributed by atoms with E-state index >= 15 is 0 Å². The summed E-state index contributed by atoms with van der Waals surface area (Å²) in [6.45, 7) is 6.34. The van der Waals surface area contributed by atoms with Crippen LogP contribution in [0, 0.1) is 20.8 Å². The maximum Gasteiger partial charge on any atom is 0.279 e. The number of anilines is 1. The molecule has 1 amide bonds. The number of amides is 1. The molecule has 0 spiro atoms. The third-order valence-corrected chi connectivity index (χ3v) is 5.74. The molecule has 0 saturated heterocycles. The van der Waals surface area contributed by atoms with Crippen molar-refractivity contribution in [1.29, 1.82) is 0 Å². The zero-order valence-electron chi connectivity index (χ0n) is 17.2. The fourth-order valence-corrected chi connectivity index (χ4v) is 3.46. The number of hydrogen-bond donors (Lipinski definition) is 1. The van der Waals surface area contributed by atoms with Gasteiger partial charge in [-0.2, -0.15) is 10.2 Å². The second-order valence-electron chi connectivity index (χ2n) is 7.19. The minimum Gasteiger partial charge on any atom is -0.361 e. The van der Waals surface area contributed by atoms with E-state index in [1.165, 1.54) is 0 Å². The maximum absolute atomic E-state index is 12.8. The van der Waals surface area contributed by atoms with Crippen LogP contribution in [-0.4, -0.2) is 30.6 Å². The van der Waals surface area contributed by atoms with Crippen molar-refractivity contribution in [3.8, 4) is 0 Å². The van der Waals surface area contributed by atoms with Gasteiger partial charge in [0.15, 0.2) is 11.5 Å². The third kappa shape index (κ3) is 4.50. The van der Waals surface area contributed by atoms with Crippen molar-refractivity contribution in [1.82, 2.24) is 24.7 Å². The fourth-order valence-electron chi connectivity index (χ4n) is 3.20. The molecule has 0 aliphatic carbocycles. The van der Waals surface area contributed by atoms with E-state index in [4.69, 9.17) is 27.7 Å². The molecule has 3 heterocycles. The molecular formula is C21H20Cl2N6O2. The molecule has 0 aliphatic rings. The number of rotatable bonds is 6. The molecular weight excluding hydrogens is 439 g/mol. The molecule has 0 atom stereocenters. The van der Waals surface area contributed by atoms with Gasteiger partial charge in [-0.25, -0.2) is 0 Å². The van der Waals surface area contributed by atoms with Crippen LogP contribution in [0.4, 0.5) is 5.82 Å². The number of aryl methyl sites for hydroxylation is 2. The van der Waals surface area contributed by atoms with Crippen LogP contribution in [0.5, 0.6) is 0 Å². The van der Waals surface area contributed by atoms with Gasteiger partial charge in [0.25, 0.3) is 5.91 Å². The first-order valence-corrected chi connectivity index (χ1v) is 10.3. The van der Waals surface area contributed by atoms with E-state index < -0.39 is 5.91 Å². The molecule has 0 unspecified atom stereocenters. The lowest BCUT2D eigenvalue weighted by Gasteiger charge is -2.06. The first-order chi connectivity index (χ1) is 14.8. The number of nitrogens with one attached hydrogen (secondary N) is 1. The number of hydrogen-bond acceptors (Lipinski definition) is 5. The van der Waals surface area contributed by atoms with Gasteiger partial charge in [-0.3, -0.25) is 14.2 Å². The zero-order chi connectivity index (χ0) is 22.1. The van der Waals surface area contributed by atoms with E-state index in [0.29, 0.717) is 40.3 Å². The monoisotopic (exact) mass is 458 g/mol. The molecule has 0 radical (unpaired) electrons. The molecule has 160 valence electrons. The standard InChI is InChI=1S/C21H20Cl2N6O2/c1-12-19(23)13(2)29(25-12)11-17-14(3)31-27-20(17)21(30)24-18-8-9-28(26-18)10-15-4-6-16(22)7-5-15/h4-9H,10-11H2,1-3H3,(H,24,26,30). The fraction of sp³-hybridized carbons (Fsp3) is 0.238. The van der Waals surface area contributed by atoms with E-state index in [0.717, 1.165) is 17.0 Å². The maximum atomic E-state index is 12.8. The Kier molecular flexibility index (Phi) is 5.84. The minimum absolute atomic E-state index is 0.188. The van der Waals surface area contributed by atoms with Crippen molar-refractivity contribution in [2.24, 2.45) is 0 Å². The Bertz CT molecular complexity index is 1240. The van der Waals surface area contributed by atoms with E-state index in [2.05, 4.69) is 20.7 Å². The Morgan fingerprint density at radius 3 is 2.48 bits per heavy atom. The molecule has 0 aliphatic heterocycles. The highest BCUT2D eigenvalue weighted by Crippen LogP contribution is 2.22. The topological polar surface area (TPSA) is 90.8 Å². The highest BCUT2D eigenvalue weighted by molar-refractivity contribution is 6.31. The number of carbonyl (C=O) groups excluding carboxylic acids is 1. The zero-order valence-corrected chi connectivity index (χ0v) is 18.7. The van der Waals surface area contributed by atoms with Crippen molar-refractivity contribution < 1.29 is 9.32 Å². The van der Waals surface area contributed by atoms with Gasteiger partial charge in [0.2, 0.25) is 0 Å². The van der Waals surface area contributed by atoms with Gasteiger partial charge >= 0.3 is 0 Å². The van der Waals surface area contributed by atoms with E-state index in [-0.39, 0.29) is 5.69 Å². The van der Waals surface area contributed by atoms with Crippen LogP contribution < -0.4 is 5.32 Å². The van der Waals surface area contributed by atoms with E-state index in [9.17, 15) is 4.79 Å². The molecule has 0 fully saturated rings. The van der Waals surface area contributed by atoms with Gasteiger partial charge in [-0.1, -0.05) is 40.5 Å². The van der Waals surface area contributed by atoms with Crippen LogP contribution >= 0.6 is 23.2 Å². The normalized spacial score (nSPS) is 11.1. The molecule has 1 N–H and O–H groups in total. The third-order valence-electron chi connectivity index (χ3n) is 4.94. The Morgan fingerprint density at radius 1 is 1.06 bits per heavy atom. The highest BCUT2D eigenvalue weighted by Gasteiger charge is 2.22. The van der Waals surface area contributed by atoms with Crippen molar-refractivity contribution >= 4 is 34.9 Å². The minimum atomic E-state index is -0.406. The first-order valence-electron chi connectivity index (χ1n) is 9.55. The van der Waals surface area contributed by atoms with Gasteiger partial charge in [0.1, 0.15) is 5.76 Å². The van der Waals surface area contributed by atoms with Crippen molar-refractivity contribution in [2.45, 2.75) is 33.9 Å². The summed E-state index contributed by atoms with van der Waals surface area (Å²) in [6.07, 6.45) is 1.79. The molecule has 0 bridgehead atoms. The van der Waals surface area contributed by atoms with Crippen molar-refractivity contribution in [2.75, 3.05) is 5.32 Å². The average Bonchev–Trinajstić information content (AvgIpc) is 3.40. The summed E-state index contributed by atoms with van der Waals surface area (Å²) in [5, 5.41) is 16.8. The van der Waals surface area contributed by atoms with Gasteiger partial charge in [0, 0.05) is 22.8 Å². The van der Waals surface area contributed by atoms with Gasteiger partial charge < -0.3 is 9.84 Å². The molecule has 1 aromatic carbocycles. The molecule has 10 heteroatoms. The van der Waals surface area contributed by atoms with Crippen LogP contribution in [0.3, 0.4) is 0 Å². The smallest absolute Gasteiger partial charge is 0.279 e. The molecule has 31 heavy (non-hydrogen) atoms. The number of halogens is 2. The summed E-state index contributed by atoms with van der Waals surface area (Å²) in [6, 6.07) is 9.23. The number of nitrogens with zero attached hydrogens (tertiary/aromatic N) is 5. The second-order valence-corrected chi connectivity index (χ2v) is 8.00. The van der Waals surface area contributed by atoms with Crippen LogP contribution in [0.1, 0.15) is 38.8 Å². The summed E-state index contributed by atoms with van der Waals surface area (Å²) in [5.41, 5.74) is 3.41. The summed E-state index contributed by atoms with van der Waals surface area (Å²) in [5.74, 6) is 0.554. The van der Waals surface area contributed by atoms with Crippen LogP contribution in [0.15, 0.2) is 41.1 Å². The lowest BCUT2D eigenvalue weighted by atomic mass is 10.2. The predicted octanol–water partition coefficient (Wildman–Crippen LogP) is 4.65. The van der Waals surface area contributed by atoms with Crippen LogP contribution in [0.25, 0.3) is 0 Å². The van der Waals surface area contributed by atoms with Gasteiger partial charge in [0.05, 0.1) is 29.5 Å². The van der Waals surface area contributed by atoms with Gasteiger partial charge in [-0.05, 0) is 38.5 Å². The molecule has 3 aromatic heterocycles. The van der Waals surface area contributed by atoms with Crippen LogP contribution in [0.2, 0.25) is 10.0 Å².